The van der Waals surface area contributed by atoms with Crippen LogP contribution in [0.1, 0.15) is 30.2 Å². The fourth-order valence-corrected chi connectivity index (χ4v) is 2.66. The molecule has 0 saturated heterocycles. The first-order chi connectivity index (χ1) is 11.5. The number of para-hydroxylation sites is 2. The van der Waals surface area contributed by atoms with Crippen molar-refractivity contribution in [2.75, 3.05) is 0 Å². The largest absolute Gasteiger partial charge is 0.507 e. The predicted molar refractivity (Wildman–Crippen MR) is 90.9 cm³/mol. The van der Waals surface area contributed by atoms with Crippen LogP contribution >= 0.6 is 0 Å². The van der Waals surface area contributed by atoms with E-state index in [-0.39, 0.29) is 28.9 Å². The zero-order chi connectivity index (χ0) is 17.3. The molecule has 2 N–H and O–H groups in total. The van der Waals surface area contributed by atoms with Crippen LogP contribution in [0.25, 0.3) is 10.9 Å². The van der Waals surface area contributed by atoms with E-state index in [0.29, 0.717) is 5.39 Å². The van der Waals surface area contributed by atoms with Crippen LogP contribution in [0, 0.1) is 0 Å². The molecule has 0 spiro atoms. The van der Waals surface area contributed by atoms with Crippen LogP contribution in [0.3, 0.4) is 0 Å². The van der Waals surface area contributed by atoms with Gasteiger partial charge < -0.3 is 14.8 Å². The van der Waals surface area contributed by atoms with E-state index in [1.165, 1.54) is 12.1 Å². The molecule has 1 heterocycles. The van der Waals surface area contributed by atoms with Crippen LogP contribution in [0.4, 0.5) is 5.69 Å². The number of carbonyl (C=O) groups is 1. The Hall–Kier alpha value is -3.15. The fourth-order valence-electron chi connectivity index (χ4n) is 2.66. The number of benzene rings is 2. The summed E-state index contributed by atoms with van der Waals surface area (Å²) >= 11 is 0. The summed E-state index contributed by atoms with van der Waals surface area (Å²) in [6, 6.07) is 13.5. The standard InChI is InChI=1S/C18H17N3O3/c1-11(2)21-14-9-5-3-7-12(14)16(18(21)24)19-20-17(23)13-8-4-6-10-15(13)22/h3-11,22,24H,1-2H3. The molecule has 3 rings (SSSR count). The first-order valence-electron chi connectivity index (χ1n) is 7.56. The lowest BCUT2D eigenvalue weighted by atomic mass is 10.2. The highest BCUT2D eigenvalue weighted by Gasteiger charge is 2.18. The van der Waals surface area contributed by atoms with E-state index >= 15 is 0 Å². The van der Waals surface area contributed by atoms with Crippen LogP contribution < -0.4 is 0 Å². The van der Waals surface area contributed by atoms with Gasteiger partial charge in [-0.1, -0.05) is 30.3 Å². The third kappa shape index (κ3) is 2.62. The maximum Gasteiger partial charge on any atom is 0.299 e. The molecule has 1 aromatic heterocycles. The van der Waals surface area contributed by atoms with Gasteiger partial charge in [-0.05, 0) is 32.0 Å². The lowest BCUT2D eigenvalue weighted by Gasteiger charge is -2.10. The molecule has 6 heteroatoms. The van der Waals surface area contributed by atoms with E-state index in [0.717, 1.165) is 5.52 Å². The van der Waals surface area contributed by atoms with Gasteiger partial charge in [-0.25, -0.2) is 0 Å². The second kappa shape index (κ2) is 6.16. The van der Waals surface area contributed by atoms with Crippen LogP contribution in [0.2, 0.25) is 0 Å². The normalized spacial score (nSPS) is 11.6. The SMILES string of the molecule is CC(C)n1c(O)c(N=NC(=O)c2ccccc2O)c2ccccc21. The predicted octanol–water partition coefficient (Wildman–Crippen LogP) is 4.56. The second-order valence-corrected chi connectivity index (χ2v) is 5.68. The summed E-state index contributed by atoms with van der Waals surface area (Å²) in [5.41, 5.74) is 1.12. The molecule has 1 amide bonds. The van der Waals surface area contributed by atoms with Crippen LogP contribution in [0.5, 0.6) is 11.6 Å². The second-order valence-electron chi connectivity index (χ2n) is 5.68. The van der Waals surface area contributed by atoms with Gasteiger partial charge in [-0.2, -0.15) is 0 Å². The molecule has 0 unspecified atom stereocenters. The number of nitrogens with zero attached hydrogens (tertiary/aromatic N) is 3. The molecule has 0 saturated carbocycles. The molecule has 3 aromatic rings. The Morgan fingerprint density at radius 1 is 1.04 bits per heavy atom. The van der Waals surface area contributed by atoms with E-state index in [9.17, 15) is 15.0 Å². The van der Waals surface area contributed by atoms with Crippen molar-refractivity contribution in [3.05, 3.63) is 54.1 Å². The number of aromatic hydroxyl groups is 2. The Labute approximate surface area is 138 Å². The van der Waals surface area contributed by atoms with E-state index in [2.05, 4.69) is 10.2 Å². The van der Waals surface area contributed by atoms with Gasteiger partial charge in [-0.3, -0.25) is 4.79 Å². The van der Waals surface area contributed by atoms with Gasteiger partial charge in [0.05, 0.1) is 11.1 Å². The number of hydrogen-bond acceptors (Lipinski definition) is 4. The van der Waals surface area contributed by atoms with Gasteiger partial charge in [0.1, 0.15) is 5.75 Å². The Kier molecular flexibility index (Phi) is 4.04. The first-order valence-corrected chi connectivity index (χ1v) is 7.56. The van der Waals surface area contributed by atoms with Gasteiger partial charge in [0.25, 0.3) is 5.91 Å². The lowest BCUT2D eigenvalue weighted by Crippen LogP contribution is -1.98. The number of hydrogen-bond donors (Lipinski definition) is 2. The summed E-state index contributed by atoms with van der Waals surface area (Å²) < 4.78 is 1.73. The molecule has 122 valence electrons. The lowest BCUT2D eigenvalue weighted by molar-refractivity contribution is 0.0992. The summed E-state index contributed by atoms with van der Waals surface area (Å²) in [6.45, 7) is 3.89. The number of rotatable bonds is 3. The van der Waals surface area contributed by atoms with Gasteiger partial charge in [-0.15, -0.1) is 10.2 Å². The van der Waals surface area contributed by atoms with E-state index in [4.69, 9.17) is 0 Å². The summed E-state index contributed by atoms with van der Waals surface area (Å²) in [5, 5.41) is 28.5. The Bertz CT molecular complexity index is 942. The summed E-state index contributed by atoms with van der Waals surface area (Å²) in [5.74, 6) is -0.871. The van der Waals surface area contributed by atoms with Crippen LogP contribution in [-0.4, -0.2) is 20.7 Å². The number of azo groups is 1. The summed E-state index contributed by atoms with van der Waals surface area (Å²) in [7, 11) is 0. The number of phenolic OH excluding ortho intramolecular Hbond substituents is 1. The van der Waals surface area contributed by atoms with Gasteiger partial charge >= 0.3 is 0 Å². The van der Waals surface area contributed by atoms with Crippen molar-refractivity contribution in [1.82, 2.24) is 4.57 Å². The highest BCUT2D eigenvalue weighted by molar-refractivity contribution is 5.98. The Morgan fingerprint density at radius 2 is 1.71 bits per heavy atom. The number of aromatic nitrogens is 1. The zero-order valence-corrected chi connectivity index (χ0v) is 13.3. The topological polar surface area (TPSA) is 87.2 Å². The fraction of sp³-hybridized carbons (Fsp3) is 0.167. The minimum Gasteiger partial charge on any atom is -0.507 e. The van der Waals surface area contributed by atoms with Crippen molar-refractivity contribution in [2.24, 2.45) is 10.2 Å². The molecular weight excluding hydrogens is 306 g/mol. The van der Waals surface area contributed by atoms with Crippen LogP contribution in [0.15, 0.2) is 58.8 Å². The molecule has 6 nitrogen and oxygen atoms in total. The number of amides is 1. The molecule has 24 heavy (non-hydrogen) atoms. The van der Waals surface area contributed by atoms with Crippen molar-refractivity contribution in [3.8, 4) is 11.6 Å². The molecule has 0 atom stereocenters. The number of fused-ring (bicyclic) bond motifs is 1. The molecule has 0 radical (unpaired) electrons. The van der Waals surface area contributed by atoms with E-state index < -0.39 is 5.91 Å². The first kappa shape index (κ1) is 15.7. The average Bonchev–Trinajstić information content (AvgIpc) is 2.84. The van der Waals surface area contributed by atoms with Gasteiger partial charge in [0.2, 0.25) is 5.88 Å². The number of phenols is 1. The quantitative estimate of drug-likeness (QED) is 0.693. The summed E-state index contributed by atoms with van der Waals surface area (Å²) in [6.07, 6.45) is 0. The molecule has 0 bridgehead atoms. The highest BCUT2D eigenvalue weighted by atomic mass is 16.3. The third-order valence-electron chi connectivity index (χ3n) is 3.75. The molecule has 2 aromatic carbocycles. The minimum atomic E-state index is -0.672. The van der Waals surface area contributed by atoms with Gasteiger partial charge in [0, 0.05) is 11.4 Å². The van der Waals surface area contributed by atoms with Gasteiger partial charge in [0.15, 0.2) is 5.69 Å². The average molecular weight is 323 g/mol. The zero-order valence-electron chi connectivity index (χ0n) is 13.3. The third-order valence-corrected chi connectivity index (χ3v) is 3.75. The molecule has 0 fully saturated rings. The van der Waals surface area contributed by atoms with Crippen molar-refractivity contribution >= 4 is 22.5 Å². The molecule has 0 aliphatic heterocycles. The Balaban J connectivity index is 2.06. The maximum absolute atomic E-state index is 12.1. The monoisotopic (exact) mass is 323 g/mol. The van der Waals surface area contributed by atoms with Crippen LogP contribution in [-0.2, 0) is 0 Å². The van der Waals surface area contributed by atoms with E-state index in [1.54, 1.807) is 16.7 Å². The molecule has 0 aliphatic rings. The minimum absolute atomic E-state index is 0.0210. The highest BCUT2D eigenvalue weighted by Crippen LogP contribution is 2.40. The van der Waals surface area contributed by atoms with Crippen molar-refractivity contribution in [1.29, 1.82) is 0 Å². The van der Waals surface area contributed by atoms with Crippen molar-refractivity contribution in [2.45, 2.75) is 19.9 Å². The summed E-state index contributed by atoms with van der Waals surface area (Å²) in [4.78, 5) is 12.1. The maximum atomic E-state index is 12.1. The molecular formula is C18H17N3O3. The van der Waals surface area contributed by atoms with Crippen molar-refractivity contribution in [3.63, 3.8) is 0 Å². The van der Waals surface area contributed by atoms with E-state index in [1.807, 2.05) is 38.1 Å². The number of carbonyl (C=O) groups excluding carboxylic acids is 1. The Morgan fingerprint density at radius 3 is 2.42 bits per heavy atom. The van der Waals surface area contributed by atoms with Crippen molar-refractivity contribution < 1.29 is 15.0 Å². The molecule has 0 aliphatic carbocycles. The smallest absolute Gasteiger partial charge is 0.299 e.